The molecule has 1 aromatic carbocycles. The minimum atomic E-state index is -3.45. The van der Waals surface area contributed by atoms with Crippen molar-refractivity contribution in [2.45, 2.75) is 43.9 Å². The topological polar surface area (TPSA) is 54.4 Å². The lowest BCUT2D eigenvalue weighted by molar-refractivity contribution is 0.243. The summed E-state index contributed by atoms with van der Waals surface area (Å²) in [5.41, 5.74) is -0.444. The first kappa shape index (κ1) is 15.9. The maximum atomic E-state index is 12.7. The van der Waals surface area contributed by atoms with Crippen LogP contribution in [0, 0.1) is 5.41 Å². The van der Waals surface area contributed by atoms with Gasteiger partial charge in [-0.1, -0.05) is 51.1 Å². The lowest BCUT2D eigenvalue weighted by atomic mass is 9.91. The molecule has 0 saturated heterocycles. The largest absolute Gasteiger partial charge is 0.389 e. The molecule has 2 atom stereocenters. The molecule has 0 amide bonds. The van der Waals surface area contributed by atoms with E-state index in [1.165, 1.54) is 6.08 Å². The number of hydrogen-bond donors (Lipinski definition) is 1. The number of sulfone groups is 1. The van der Waals surface area contributed by atoms with Crippen molar-refractivity contribution < 1.29 is 13.5 Å². The minimum absolute atomic E-state index is 0.310. The van der Waals surface area contributed by atoms with Crippen LogP contribution in [-0.4, -0.2) is 24.9 Å². The van der Waals surface area contributed by atoms with Gasteiger partial charge in [0.2, 0.25) is 0 Å². The van der Waals surface area contributed by atoms with Gasteiger partial charge in [-0.25, -0.2) is 8.42 Å². The Morgan fingerprint density at radius 1 is 1.11 bits per heavy atom. The SMILES string of the molecule is C[C@@H](O)/C=C/[C@@H](C(C)(C)C)S(=O)(=O)c1ccccc1. The van der Waals surface area contributed by atoms with Gasteiger partial charge in [-0.15, -0.1) is 0 Å². The van der Waals surface area contributed by atoms with Gasteiger partial charge in [0.05, 0.1) is 16.2 Å². The van der Waals surface area contributed by atoms with E-state index in [-0.39, 0.29) is 0 Å². The highest BCUT2D eigenvalue weighted by molar-refractivity contribution is 7.92. The predicted octanol–water partition coefficient (Wildman–Crippen LogP) is 2.81. The normalized spacial score (nSPS) is 16.5. The molecule has 0 aliphatic heterocycles. The van der Waals surface area contributed by atoms with Crippen LogP contribution in [0.3, 0.4) is 0 Å². The Bertz CT molecular complexity index is 522. The second-order valence-corrected chi connectivity index (χ2v) is 7.84. The predicted molar refractivity (Wildman–Crippen MR) is 77.7 cm³/mol. The van der Waals surface area contributed by atoms with Gasteiger partial charge in [0.1, 0.15) is 0 Å². The fraction of sp³-hybridized carbons (Fsp3) is 0.467. The van der Waals surface area contributed by atoms with Crippen LogP contribution in [-0.2, 0) is 9.84 Å². The Balaban J connectivity index is 3.26. The number of aliphatic hydroxyl groups excluding tert-OH is 1. The molecule has 0 bridgehead atoms. The van der Waals surface area contributed by atoms with Gasteiger partial charge < -0.3 is 5.11 Å². The zero-order chi connectivity index (χ0) is 14.7. The molecule has 19 heavy (non-hydrogen) atoms. The molecule has 0 spiro atoms. The van der Waals surface area contributed by atoms with Crippen molar-refractivity contribution in [3.63, 3.8) is 0 Å². The lowest BCUT2D eigenvalue weighted by Crippen LogP contribution is -2.33. The molecular formula is C15H22O3S. The molecule has 1 aromatic rings. The second kappa shape index (κ2) is 5.88. The Morgan fingerprint density at radius 3 is 2.05 bits per heavy atom. The Morgan fingerprint density at radius 2 is 1.63 bits per heavy atom. The summed E-state index contributed by atoms with van der Waals surface area (Å²) < 4.78 is 25.3. The smallest absolute Gasteiger partial charge is 0.185 e. The first-order valence-electron chi connectivity index (χ1n) is 6.31. The van der Waals surface area contributed by atoms with Crippen LogP contribution in [0.25, 0.3) is 0 Å². The lowest BCUT2D eigenvalue weighted by Gasteiger charge is -2.28. The Labute approximate surface area is 115 Å². The summed E-state index contributed by atoms with van der Waals surface area (Å²) in [5, 5.41) is 8.65. The van der Waals surface area contributed by atoms with Crippen molar-refractivity contribution in [3.8, 4) is 0 Å². The van der Waals surface area contributed by atoms with Crippen LogP contribution in [0.4, 0.5) is 0 Å². The average molecular weight is 282 g/mol. The fourth-order valence-electron chi connectivity index (χ4n) is 1.88. The molecule has 106 valence electrons. The molecule has 3 nitrogen and oxygen atoms in total. The van der Waals surface area contributed by atoms with E-state index in [0.29, 0.717) is 4.90 Å². The molecule has 0 radical (unpaired) electrons. The summed E-state index contributed by atoms with van der Waals surface area (Å²) in [6.45, 7) is 7.24. The van der Waals surface area contributed by atoms with E-state index in [2.05, 4.69) is 0 Å². The maximum Gasteiger partial charge on any atom is 0.185 e. The van der Waals surface area contributed by atoms with E-state index >= 15 is 0 Å². The monoisotopic (exact) mass is 282 g/mol. The molecular weight excluding hydrogens is 260 g/mol. The standard InChI is InChI=1S/C15H22O3S/c1-12(16)10-11-14(15(2,3)4)19(17,18)13-8-6-5-7-9-13/h5-12,14,16H,1-4H3/b11-10+/t12-,14+/m1/s1. The molecule has 0 aliphatic carbocycles. The molecule has 1 rings (SSSR count). The molecule has 0 aliphatic rings. The summed E-state index contributed by atoms with van der Waals surface area (Å²) in [4.78, 5) is 0.310. The third kappa shape index (κ3) is 4.18. The minimum Gasteiger partial charge on any atom is -0.389 e. The van der Waals surface area contributed by atoms with E-state index in [4.69, 9.17) is 0 Å². The van der Waals surface area contributed by atoms with Gasteiger partial charge in [0.25, 0.3) is 0 Å². The van der Waals surface area contributed by atoms with Gasteiger partial charge in [0, 0.05) is 0 Å². The summed E-state index contributed by atoms with van der Waals surface area (Å²) in [6.07, 6.45) is 2.46. The summed E-state index contributed by atoms with van der Waals surface area (Å²) in [6, 6.07) is 8.42. The zero-order valence-electron chi connectivity index (χ0n) is 11.9. The number of aliphatic hydroxyl groups is 1. The van der Waals surface area contributed by atoms with Crippen molar-refractivity contribution in [1.29, 1.82) is 0 Å². The number of rotatable bonds is 4. The Kier molecular flexibility index (Phi) is 4.93. The molecule has 0 saturated carbocycles. The van der Waals surface area contributed by atoms with Gasteiger partial charge in [-0.2, -0.15) is 0 Å². The quantitative estimate of drug-likeness (QED) is 0.864. The van der Waals surface area contributed by atoms with Crippen LogP contribution in [0.1, 0.15) is 27.7 Å². The third-order valence-corrected chi connectivity index (χ3v) is 5.29. The van der Waals surface area contributed by atoms with Crippen LogP contribution in [0.2, 0.25) is 0 Å². The summed E-state index contributed by atoms with van der Waals surface area (Å²) in [7, 11) is -3.45. The van der Waals surface area contributed by atoms with E-state index in [0.717, 1.165) is 0 Å². The number of benzene rings is 1. The van der Waals surface area contributed by atoms with Crippen molar-refractivity contribution in [1.82, 2.24) is 0 Å². The van der Waals surface area contributed by atoms with Crippen molar-refractivity contribution >= 4 is 9.84 Å². The summed E-state index contributed by atoms with van der Waals surface area (Å²) in [5.74, 6) is 0. The molecule has 4 heteroatoms. The molecule has 0 aromatic heterocycles. The third-order valence-electron chi connectivity index (χ3n) is 2.82. The van der Waals surface area contributed by atoms with E-state index in [9.17, 15) is 13.5 Å². The number of hydrogen-bond acceptors (Lipinski definition) is 3. The first-order valence-corrected chi connectivity index (χ1v) is 7.85. The highest BCUT2D eigenvalue weighted by Crippen LogP contribution is 2.31. The Hall–Kier alpha value is -1.13. The second-order valence-electron chi connectivity index (χ2n) is 5.77. The van der Waals surface area contributed by atoms with Gasteiger partial charge in [-0.3, -0.25) is 0 Å². The van der Waals surface area contributed by atoms with Crippen LogP contribution in [0.5, 0.6) is 0 Å². The highest BCUT2D eigenvalue weighted by Gasteiger charge is 2.35. The maximum absolute atomic E-state index is 12.7. The van der Waals surface area contributed by atoms with Crippen LogP contribution in [0.15, 0.2) is 47.4 Å². The van der Waals surface area contributed by atoms with Gasteiger partial charge in [0.15, 0.2) is 9.84 Å². The molecule has 0 heterocycles. The van der Waals surface area contributed by atoms with Crippen molar-refractivity contribution in [3.05, 3.63) is 42.5 Å². The van der Waals surface area contributed by atoms with E-state index in [1.54, 1.807) is 43.3 Å². The molecule has 0 unspecified atom stereocenters. The van der Waals surface area contributed by atoms with Crippen LogP contribution < -0.4 is 0 Å². The van der Waals surface area contributed by atoms with Gasteiger partial charge >= 0.3 is 0 Å². The molecule has 1 N–H and O–H groups in total. The van der Waals surface area contributed by atoms with E-state index < -0.39 is 26.6 Å². The van der Waals surface area contributed by atoms with Crippen LogP contribution >= 0.6 is 0 Å². The van der Waals surface area contributed by atoms with E-state index in [1.807, 2.05) is 20.8 Å². The average Bonchev–Trinajstić information content (AvgIpc) is 2.27. The fourth-order valence-corrected chi connectivity index (χ4v) is 3.93. The highest BCUT2D eigenvalue weighted by atomic mass is 32.2. The van der Waals surface area contributed by atoms with Crippen molar-refractivity contribution in [2.24, 2.45) is 5.41 Å². The van der Waals surface area contributed by atoms with Gasteiger partial charge in [-0.05, 0) is 24.5 Å². The first-order chi connectivity index (χ1) is 8.65. The van der Waals surface area contributed by atoms with Crippen molar-refractivity contribution in [2.75, 3.05) is 0 Å². The molecule has 0 fully saturated rings. The zero-order valence-corrected chi connectivity index (χ0v) is 12.7. The summed E-state index contributed by atoms with van der Waals surface area (Å²) >= 11 is 0.